The summed E-state index contributed by atoms with van der Waals surface area (Å²) in [6, 6.07) is 0.673. The maximum atomic E-state index is 4.15. The molecule has 1 aliphatic rings. The lowest BCUT2D eigenvalue weighted by atomic mass is 10.2. The molecule has 0 aromatic carbocycles. The Labute approximate surface area is 113 Å². The Kier molecular flexibility index (Phi) is 5.00. The Morgan fingerprint density at radius 2 is 2.28 bits per heavy atom. The van der Waals surface area contributed by atoms with Crippen molar-refractivity contribution in [2.45, 2.75) is 57.0 Å². The number of hydrogen-bond donors (Lipinski definition) is 0. The highest BCUT2D eigenvalue weighted by atomic mass is 32.2. The van der Waals surface area contributed by atoms with E-state index in [-0.39, 0.29) is 0 Å². The number of rotatable bonds is 6. The number of aryl methyl sites for hydroxylation is 1. The highest BCUT2D eigenvalue weighted by molar-refractivity contribution is 7.99. The van der Waals surface area contributed by atoms with Gasteiger partial charge in [0, 0.05) is 17.8 Å². The maximum Gasteiger partial charge on any atom is 0.165 e. The highest BCUT2D eigenvalue weighted by Gasteiger charge is 2.30. The Morgan fingerprint density at radius 3 is 3.00 bits per heavy atom. The molecule has 0 spiro atoms. The Balaban J connectivity index is 1.97. The van der Waals surface area contributed by atoms with Crippen molar-refractivity contribution < 1.29 is 0 Å². The molecule has 0 bridgehead atoms. The molecule has 0 unspecified atom stereocenters. The predicted octanol–water partition coefficient (Wildman–Crippen LogP) is 1.80. The third-order valence-electron chi connectivity index (χ3n) is 3.72. The van der Waals surface area contributed by atoms with Crippen molar-refractivity contribution in [2.75, 3.05) is 13.3 Å². The minimum absolute atomic E-state index is 0.673. The third kappa shape index (κ3) is 3.03. The van der Waals surface area contributed by atoms with E-state index in [0.717, 1.165) is 30.6 Å². The van der Waals surface area contributed by atoms with E-state index in [9.17, 15) is 0 Å². The molecule has 1 aromatic heterocycles. The van der Waals surface area contributed by atoms with Gasteiger partial charge in [-0.1, -0.05) is 13.3 Å². The summed E-state index contributed by atoms with van der Waals surface area (Å²) in [5.41, 5.74) is 0. The van der Waals surface area contributed by atoms with Crippen LogP contribution in [-0.2, 0) is 13.1 Å². The van der Waals surface area contributed by atoms with Gasteiger partial charge in [0.25, 0.3) is 0 Å². The zero-order chi connectivity index (χ0) is 13.0. The second kappa shape index (κ2) is 6.52. The molecule has 1 saturated carbocycles. The van der Waals surface area contributed by atoms with E-state index in [0.29, 0.717) is 6.04 Å². The van der Waals surface area contributed by atoms with Gasteiger partial charge in [0.15, 0.2) is 5.82 Å². The Hall–Kier alpha value is -0.620. The Bertz CT molecular complexity index is 367. The monoisotopic (exact) mass is 269 g/mol. The van der Waals surface area contributed by atoms with Crippen molar-refractivity contribution >= 4 is 11.8 Å². The average Bonchev–Trinajstić information content (AvgIpc) is 2.98. The van der Waals surface area contributed by atoms with Crippen LogP contribution in [0.15, 0.2) is 0 Å². The van der Waals surface area contributed by atoms with Gasteiger partial charge in [-0.05, 0) is 43.0 Å². The van der Waals surface area contributed by atoms with Crippen LogP contribution in [0.5, 0.6) is 0 Å². The van der Waals surface area contributed by atoms with Crippen molar-refractivity contribution in [3.63, 3.8) is 0 Å². The van der Waals surface area contributed by atoms with Crippen molar-refractivity contribution in [3.8, 4) is 0 Å². The van der Waals surface area contributed by atoms with Gasteiger partial charge in [0.05, 0.1) is 6.54 Å². The van der Waals surface area contributed by atoms with Gasteiger partial charge in [-0.15, -0.1) is 5.10 Å². The van der Waals surface area contributed by atoms with E-state index in [1.54, 1.807) is 0 Å². The fourth-order valence-electron chi connectivity index (χ4n) is 2.75. The number of thioether (sulfide) groups is 1. The van der Waals surface area contributed by atoms with Crippen molar-refractivity contribution in [1.29, 1.82) is 0 Å². The quantitative estimate of drug-likeness (QED) is 0.788. The molecular weight excluding hydrogens is 246 g/mol. The number of nitrogens with zero attached hydrogens (tertiary/aromatic N) is 5. The molecule has 0 N–H and O–H groups in total. The Morgan fingerprint density at radius 1 is 1.44 bits per heavy atom. The van der Waals surface area contributed by atoms with Crippen LogP contribution >= 0.6 is 11.8 Å². The second-order valence-corrected chi connectivity index (χ2v) is 6.08. The smallest absolute Gasteiger partial charge is 0.165 e. The van der Waals surface area contributed by atoms with Crippen LogP contribution in [0.25, 0.3) is 0 Å². The second-order valence-electron chi connectivity index (χ2n) is 5.01. The van der Waals surface area contributed by atoms with Crippen molar-refractivity contribution in [3.05, 3.63) is 5.82 Å². The van der Waals surface area contributed by atoms with Crippen LogP contribution in [-0.4, -0.2) is 49.7 Å². The highest BCUT2D eigenvalue weighted by Crippen LogP contribution is 2.31. The van der Waals surface area contributed by atoms with Gasteiger partial charge >= 0.3 is 0 Å². The maximum absolute atomic E-state index is 4.15. The van der Waals surface area contributed by atoms with E-state index < -0.39 is 0 Å². The summed E-state index contributed by atoms with van der Waals surface area (Å²) in [5.74, 6) is 0.992. The SMILES string of the molecule is CCCn1nnnc1CN(C)[C@@H]1CCC[C@H]1SC. The van der Waals surface area contributed by atoms with Gasteiger partial charge in [-0.2, -0.15) is 11.8 Å². The summed E-state index contributed by atoms with van der Waals surface area (Å²) in [6.45, 7) is 3.91. The number of tetrazole rings is 1. The molecule has 0 amide bonds. The molecule has 0 radical (unpaired) electrons. The summed E-state index contributed by atoms with van der Waals surface area (Å²) in [4.78, 5) is 2.42. The van der Waals surface area contributed by atoms with E-state index in [1.165, 1.54) is 19.3 Å². The molecule has 1 aromatic rings. The molecule has 1 heterocycles. The van der Waals surface area contributed by atoms with Crippen LogP contribution in [0, 0.1) is 0 Å². The van der Waals surface area contributed by atoms with Crippen LogP contribution in [0.2, 0.25) is 0 Å². The lowest BCUT2D eigenvalue weighted by Gasteiger charge is -2.28. The summed E-state index contributed by atoms with van der Waals surface area (Å²) < 4.78 is 1.93. The summed E-state index contributed by atoms with van der Waals surface area (Å²) >= 11 is 2.00. The van der Waals surface area contributed by atoms with Crippen molar-refractivity contribution in [1.82, 2.24) is 25.1 Å². The minimum Gasteiger partial charge on any atom is -0.295 e. The van der Waals surface area contributed by atoms with Gasteiger partial charge in [-0.25, -0.2) is 4.68 Å². The van der Waals surface area contributed by atoms with Gasteiger partial charge in [0.1, 0.15) is 0 Å². The molecule has 1 aliphatic carbocycles. The molecule has 2 rings (SSSR count). The lowest BCUT2D eigenvalue weighted by molar-refractivity contribution is 0.231. The van der Waals surface area contributed by atoms with Crippen LogP contribution in [0.1, 0.15) is 38.4 Å². The van der Waals surface area contributed by atoms with E-state index in [1.807, 2.05) is 16.4 Å². The van der Waals surface area contributed by atoms with E-state index >= 15 is 0 Å². The minimum atomic E-state index is 0.673. The van der Waals surface area contributed by atoms with Crippen LogP contribution in [0.4, 0.5) is 0 Å². The summed E-state index contributed by atoms with van der Waals surface area (Å²) in [7, 11) is 2.20. The first-order valence-electron chi connectivity index (χ1n) is 6.74. The lowest BCUT2D eigenvalue weighted by Crippen LogP contribution is -2.36. The fraction of sp³-hybridized carbons (Fsp3) is 0.917. The zero-order valence-corrected chi connectivity index (χ0v) is 12.4. The average molecular weight is 269 g/mol. The van der Waals surface area contributed by atoms with Gasteiger partial charge in [0.2, 0.25) is 0 Å². The van der Waals surface area contributed by atoms with E-state index in [4.69, 9.17) is 0 Å². The van der Waals surface area contributed by atoms with Crippen molar-refractivity contribution in [2.24, 2.45) is 0 Å². The molecule has 2 atom stereocenters. The van der Waals surface area contributed by atoms with E-state index in [2.05, 4.69) is 40.7 Å². The van der Waals surface area contributed by atoms with Crippen LogP contribution in [0.3, 0.4) is 0 Å². The molecule has 5 nitrogen and oxygen atoms in total. The molecule has 0 saturated heterocycles. The number of aromatic nitrogens is 4. The largest absolute Gasteiger partial charge is 0.295 e. The normalized spacial score (nSPS) is 24.0. The first-order valence-corrected chi connectivity index (χ1v) is 8.03. The topological polar surface area (TPSA) is 46.8 Å². The van der Waals surface area contributed by atoms with Crippen LogP contribution < -0.4 is 0 Å². The molecule has 6 heteroatoms. The third-order valence-corrected chi connectivity index (χ3v) is 4.87. The zero-order valence-electron chi connectivity index (χ0n) is 11.5. The predicted molar refractivity (Wildman–Crippen MR) is 74.5 cm³/mol. The van der Waals surface area contributed by atoms with Gasteiger partial charge in [-0.3, -0.25) is 4.90 Å². The summed E-state index contributed by atoms with van der Waals surface area (Å²) in [5, 5.41) is 12.8. The first-order chi connectivity index (χ1) is 8.76. The molecular formula is C12H23N5S. The number of hydrogen-bond acceptors (Lipinski definition) is 5. The molecule has 102 valence electrons. The standard InChI is InChI=1S/C12H23N5S/c1-4-8-17-12(13-14-15-17)9-16(2)10-6-5-7-11(10)18-3/h10-11H,4-9H2,1-3H3/t10-,11-/m1/s1. The molecule has 0 aliphatic heterocycles. The first kappa shape index (κ1) is 13.8. The summed E-state index contributed by atoms with van der Waals surface area (Å²) in [6.07, 6.45) is 7.28. The van der Waals surface area contributed by atoms with Gasteiger partial charge < -0.3 is 0 Å². The fourth-order valence-corrected chi connectivity index (χ4v) is 3.81. The molecule has 18 heavy (non-hydrogen) atoms. The molecule has 1 fully saturated rings.